The average molecular weight is 415 g/mol. The van der Waals surface area contributed by atoms with Crippen molar-refractivity contribution in [3.63, 3.8) is 0 Å². The van der Waals surface area contributed by atoms with Crippen LogP contribution < -0.4 is 10.6 Å². The number of benzene rings is 2. The van der Waals surface area contributed by atoms with Crippen LogP contribution in [-0.4, -0.2) is 40.1 Å². The van der Waals surface area contributed by atoms with Gasteiger partial charge in [0, 0.05) is 35.8 Å². The third-order valence-corrected chi connectivity index (χ3v) is 5.23. The number of nitrogens with zero attached hydrogens (tertiary/aromatic N) is 4. The van der Waals surface area contributed by atoms with Gasteiger partial charge in [0.05, 0.1) is 6.54 Å². The molecule has 1 heterocycles. The van der Waals surface area contributed by atoms with Crippen molar-refractivity contribution in [1.29, 1.82) is 0 Å². The Balaban J connectivity index is 1.41. The van der Waals surface area contributed by atoms with Gasteiger partial charge in [-0.1, -0.05) is 35.9 Å². The van der Waals surface area contributed by atoms with Crippen LogP contribution in [0.3, 0.4) is 0 Å². The second-order valence-corrected chi connectivity index (χ2v) is 7.67. The maximum Gasteiger partial charge on any atom is 0.191 e. The van der Waals surface area contributed by atoms with E-state index < -0.39 is 0 Å². The number of rotatable bonds is 8. The molecule has 0 saturated heterocycles. The summed E-state index contributed by atoms with van der Waals surface area (Å²) in [7, 11) is 1.78. The molecule has 3 aromatic rings. The SMILES string of the molecule is CN=C(NCCSc1ccc(Cl)cc1)NCc1cccc(Cn2cncn2)c1. The van der Waals surface area contributed by atoms with E-state index >= 15 is 0 Å². The zero-order chi connectivity index (χ0) is 19.6. The Kier molecular flexibility index (Phi) is 7.75. The maximum absolute atomic E-state index is 5.91. The highest BCUT2D eigenvalue weighted by molar-refractivity contribution is 7.99. The highest BCUT2D eigenvalue weighted by atomic mass is 35.5. The summed E-state index contributed by atoms with van der Waals surface area (Å²) in [6.45, 7) is 2.23. The summed E-state index contributed by atoms with van der Waals surface area (Å²) < 4.78 is 1.81. The van der Waals surface area contributed by atoms with Gasteiger partial charge < -0.3 is 10.6 Å². The van der Waals surface area contributed by atoms with Gasteiger partial charge in [-0.3, -0.25) is 4.99 Å². The molecule has 2 N–H and O–H groups in total. The van der Waals surface area contributed by atoms with Crippen LogP contribution in [0, 0.1) is 0 Å². The topological polar surface area (TPSA) is 67.1 Å². The number of aromatic nitrogens is 3. The van der Waals surface area contributed by atoms with E-state index in [9.17, 15) is 0 Å². The summed E-state index contributed by atoms with van der Waals surface area (Å²) in [6, 6.07) is 16.3. The fourth-order valence-electron chi connectivity index (χ4n) is 2.61. The standard InChI is InChI=1S/C20H23ClN6S/c1-22-20(24-9-10-28-19-7-5-18(21)6-8-19)25-12-16-3-2-4-17(11-16)13-27-15-23-14-26-27/h2-8,11,14-15H,9-10,12-13H2,1H3,(H2,22,24,25). The molecule has 2 aromatic carbocycles. The zero-order valence-corrected chi connectivity index (χ0v) is 17.2. The lowest BCUT2D eigenvalue weighted by atomic mass is 10.1. The Hall–Kier alpha value is -2.51. The Morgan fingerprint density at radius 2 is 1.96 bits per heavy atom. The van der Waals surface area contributed by atoms with Crippen molar-refractivity contribution in [2.75, 3.05) is 19.3 Å². The minimum atomic E-state index is 0.704. The number of thioether (sulfide) groups is 1. The van der Waals surface area contributed by atoms with Crippen LogP contribution in [0.2, 0.25) is 5.02 Å². The minimum Gasteiger partial charge on any atom is -0.356 e. The lowest BCUT2D eigenvalue weighted by Gasteiger charge is -2.12. The van der Waals surface area contributed by atoms with Gasteiger partial charge in [-0.15, -0.1) is 11.8 Å². The largest absolute Gasteiger partial charge is 0.356 e. The molecule has 0 radical (unpaired) electrons. The molecular formula is C20H23ClN6S. The van der Waals surface area contributed by atoms with Crippen LogP contribution in [0.4, 0.5) is 0 Å². The Morgan fingerprint density at radius 1 is 1.14 bits per heavy atom. The van der Waals surface area contributed by atoms with Gasteiger partial charge in [-0.2, -0.15) is 5.10 Å². The van der Waals surface area contributed by atoms with Gasteiger partial charge in [0.15, 0.2) is 5.96 Å². The van der Waals surface area contributed by atoms with Crippen molar-refractivity contribution >= 4 is 29.3 Å². The molecule has 3 rings (SSSR count). The van der Waals surface area contributed by atoms with Crippen LogP contribution in [0.25, 0.3) is 0 Å². The van der Waals surface area contributed by atoms with Crippen LogP contribution >= 0.6 is 23.4 Å². The van der Waals surface area contributed by atoms with E-state index in [2.05, 4.69) is 50.0 Å². The lowest BCUT2D eigenvalue weighted by Crippen LogP contribution is -2.37. The van der Waals surface area contributed by atoms with E-state index in [1.807, 2.05) is 28.9 Å². The Morgan fingerprint density at radius 3 is 2.71 bits per heavy atom. The summed E-state index contributed by atoms with van der Waals surface area (Å²) in [6.07, 6.45) is 3.27. The number of aliphatic imine (C=N–C) groups is 1. The van der Waals surface area contributed by atoms with Crippen molar-refractivity contribution < 1.29 is 0 Å². The van der Waals surface area contributed by atoms with Gasteiger partial charge >= 0.3 is 0 Å². The Labute approximate surface area is 174 Å². The molecule has 0 amide bonds. The maximum atomic E-state index is 5.91. The number of hydrogen-bond donors (Lipinski definition) is 2. The van der Waals surface area contributed by atoms with Crippen molar-refractivity contribution in [3.8, 4) is 0 Å². The number of hydrogen-bond acceptors (Lipinski definition) is 4. The number of nitrogens with one attached hydrogen (secondary N) is 2. The zero-order valence-electron chi connectivity index (χ0n) is 15.7. The highest BCUT2D eigenvalue weighted by Crippen LogP contribution is 2.19. The molecule has 0 aliphatic rings. The molecule has 6 nitrogen and oxygen atoms in total. The molecule has 0 aliphatic carbocycles. The smallest absolute Gasteiger partial charge is 0.191 e. The summed E-state index contributed by atoms with van der Waals surface area (Å²) >= 11 is 7.69. The fraction of sp³-hybridized carbons (Fsp3) is 0.250. The first-order chi connectivity index (χ1) is 13.7. The van der Waals surface area contributed by atoms with Gasteiger partial charge in [0.1, 0.15) is 12.7 Å². The van der Waals surface area contributed by atoms with E-state index in [0.29, 0.717) is 13.1 Å². The molecule has 8 heteroatoms. The fourth-order valence-corrected chi connectivity index (χ4v) is 3.51. The van der Waals surface area contributed by atoms with E-state index in [4.69, 9.17) is 11.6 Å². The van der Waals surface area contributed by atoms with Crippen molar-refractivity contribution in [2.24, 2.45) is 4.99 Å². The van der Waals surface area contributed by atoms with E-state index in [1.165, 1.54) is 16.0 Å². The third-order valence-electron chi connectivity index (χ3n) is 3.96. The summed E-state index contributed by atoms with van der Waals surface area (Å²) in [5.41, 5.74) is 2.38. The molecule has 28 heavy (non-hydrogen) atoms. The molecule has 146 valence electrons. The van der Waals surface area contributed by atoms with Gasteiger partial charge in [0.25, 0.3) is 0 Å². The van der Waals surface area contributed by atoms with Crippen molar-refractivity contribution in [2.45, 2.75) is 18.0 Å². The minimum absolute atomic E-state index is 0.704. The summed E-state index contributed by atoms with van der Waals surface area (Å²) in [5.74, 6) is 1.73. The first-order valence-corrected chi connectivity index (χ1v) is 10.3. The quantitative estimate of drug-likeness (QED) is 0.256. The summed E-state index contributed by atoms with van der Waals surface area (Å²) in [4.78, 5) is 9.47. The van der Waals surface area contributed by atoms with Crippen LogP contribution in [-0.2, 0) is 13.1 Å². The van der Waals surface area contributed by atoms with E-state index in [-0.39, 0.29) is 0 Å². The predicted molar refractivity (Wildman–Crippen MR) is 116 cm³/mol. The molecule has 0 atom stereocenters. The number of halogens is 1. The first kappa shape index (κ1) is 20.2. The second kappa shape index (κ2) is 10.7. The van der Waals surface area contributed by atoms with Gasteiger partial charge in [-0.05, 0) is 35.4 Å². The first-order valence-electron chi connectivity index (χ1n) is 8.96. The molecule has 1 aromatic heterocycles. The van der Waals surface area contributed by atoms with Crippen molar-refractivity contribution in [1.82, 2.24) is 25.4 Å². The van der Waals surface area contributed by atoms with Crippen LogP contribution in [0.15, 0.2) is 71.1 Å². The van der Waals surface area contributed by atoms with Crippen LogP contribution in [0.1, 0.15) is 11.1 Å². The van der Waals surface area contributed by atoms with E-state index in [1.54, 1.807) is 31.5 Å². The molecule has 0 unspecified atom stereocenters. The molecule has 0 aliphatic heterocycles. The van der Waals surface area contributed by atoms with Crippen molar-refractivity contribution in [3.05, 3.63) is 77.3 Å². The normalized spacial score (nSPS) is 11.4. The molecular weight excluding hydrogens is 392 g/mol. The molecule has 0 saturated carbocycles. The van der Waals surface area contributed by atoms with Gasteiger partial charge in [-0.25, -0.2) is 9.67 Å². The predicted octanol–water partition coefficient (Wildman–Crippen LogP) is 3.44. The lowest BCUT2D eigenvalue weighted by molar-refractivity contribution is 0.683. The molecule has 0 spiro atoms. The monoisotopic (exact) mass is 414 g/mol. The molecule has 0 fully saturated rings. The highest BCUT2D eigenvalue weighted by Gasteiger charge is 2.01. The second-order valence-electron chi connectivity index (χ2n) is 6.07. The average Bonchev–Trinajstić information content (AvgIpc) is 3.22. The Bertz CT molecular complexity index is 880. The third kappa shape index (κ3) is 6.58. The van der Waals surface area contributed by atoms with Gasteiger partial charge in [0.2, 0.25) is 0 Å². The van der Waals surface area contributed by atoms with E-state index in [0.717, 1.165) is 23.3 Å². The number of guanidine groups is 1. The molecule has 0 bridgehead atoms. The van der Waals surface area contributed by atoms with Crippen LogP contribution in [0.5, 0.6) is 0 Å². The summed E-state index contributed by atoms with van der Waals surface area (Å²) in [5, 5.41) is 11.6.